The molecule has 0 amide bonds. The van der Waals surface area contributed by atoms with Crippen molar-refractivity contribution in [2.45, 2.75) is 44.9 Å². The predicted molar refractivity (Wildman–Crippen MR) is 80.2 cm³/mol. The molecule has 0 aliphatic rings. The van der Waals surface area contributed by atoms with Gasteiger partial charge in [-0.1, -0.05) is 30.3 Å². The summed E-state index contributed by atoms with van der Waals surface area (Å²) < 4.78 is 38.1. The van der Waals surface area contributed by atoms with Gasteiger partial charge < -0.3 is 10.2 Å². The van der Waals surface area contributed by atoms with Gasteiger partial charge in [-0.15, -0.1) is 0 Å². The van der Waals surface area contributed by atoms with Crippen LogP contribution in [0, 0.1) is 0 Å². The van der Waals surface area contributed by atoms with Crippen LogP contribution >= 0.6 is 0 Å². The van der Waals surface area contributed by atoms with Gasteiger partial charge in [0.15, 0.2) is 0 Å². The zero-order chi connectivity index (χ0) is 15.9. The van der Waals surface area contributed by atoms with Crippen LogP contribution in [0.5, 0.6) is 0 Å². The van der Waals surface area contributed by atoms with Crippen LogP contribution in [0.25, 0.3) is 0 Å². The molecular formula is C16H25F3N2. The van der Waals surface area contributed by atoms with Crippen molar-refractivity contribution in [3.05, 3.63) is 35.9 Å². The Hall–Kier alpha value is -1.07. The van der Waals surface area contributed by atoms with Gasteiger partial charge in [0.25, 0.3) is 0 Å². The molecule has 5 heteroatoms. The maximum atomic E-state index is 12.7. The van der Waals surface area contributed by atoms with E-state index in [1.165, 1.54) is 0 Å². The van der Waals surface area contributed by atoms with Crippen molar-refractivity contribution in [1.29, 1.82) is 0 Å². The summed E-state index contributed by atoms with van der Waals surface area (Å²) in [6.45, 7) is 5.65. The summed E-state index contributed by atoms with van der Waals surface area (Å²) in [7, 11) is 2.02. The average molecular weight is 302 g/mol. The molecule has 0 aliphatic carbocycles. The quantitative estimate of drug-likeness (QED) is 0.730. The van der Waals surface area contributed by atoms with Gasteiger partial charge >= 0.3 is 6.18 Å². The Balaban J connectivity index is 2.51. The topological polar surface area (TPSA) is 15.3 Å². The van der Waals surface area contributed by atoms with Gasteiger partial charge in [0.05, 0.1) is 6.42 Å². The summed E-state index contributed by atoms with van der Waals surface area (Å²) in [6.07, 6.45) is -4.17. The van der Waals surface area contributed by atoms with E-state index in [0.717, 1.165) is 13.0 Å². The SMILES string of the molecule is CC(C)N(C)CCCNC(CC(F)(F)F)c1ccccc1. The molecule has 1 atom stereocenters. The zero-order valence-electron chi connectivity index (χ0n) is 13.0. The third-order valence-corrected chi connectivity index (χ3v) is 3.60. The summed E-state index contributed by atoms with van der Waals surface area (Å²) in [4.78, 5) is 2.18. The molecule has 1 aromatic carbocycles. The van der Waals surface area contributed by atoms with Crippen LogP contribution in [0.15, 0.2) is 30.3 Å². The maximum absolute atomic E-state index is 12.7. The van der Waals surface area contributed by atoms with Gasteiger partial charge in [-0.05, 0) is 46.0 Å². The second kappa shape index (κ2) is 8.39. The Morgan fingerprint density at radius 2 is 1.76 bits per heavy atom. The highest BCUT2D eigenvalue weighted by Gasteiger charge is 2.32. The van der Waals surface area contributed by atoms with E-state index in [1.54, 1.807) is 24.3 Å². The van der Waals surface area contributed by atoms with E-state index >= 15 is 0 Å². The van der Waals surface area contributed by atoms with Crippen molar-refractivity contribution < 1.29 is 13.2 Å². The molecule has 21 heavy (non-hydrogen) atoms. The summed E-state index contributed by atoms with van der Waals surface area (Å²) in [5, 5.41) is 3.04. The van der Waals surface area contributed by atoms with Crippen LogP contribution in [-0.2, 0) is 0 Å². The van der Waals surface area contributed by atoms with Crippen molar-refractivity contribution in [3.63, 3.8) is 0 Å². The largest absolute Gasteiger partial charge is 0.390 e. The van der Waals surface area contributed by atoms with E-state index in [1.807, 2.05) is 13.1 Å². The molecule has 0 bridgehead atoms. The molecule has 0 aliphatic heterocycles. The lowest BCUT2D eigenvalue weighted by Gasteiger charge is -2.23. The molecule has 1 aromatic rings. The Morgan fingerprint density at radius 1 is 1.14 bits per heavy atom. The molecule has 0 radical (unpaired) electrons. The van der Waals surface area contributed by atoms with Crippen molar-refractivity contribution in [3.8, 4) is 0 Å². The van der Waals surface area contributed by atoms with E-state index in [0.29, 0.717) is 18.2 Å². The average Bonchev–Trinajstić information content (AvgIpc) is 2.41. The third kappa shape index (κ3) is 7.48. The fourth-order valence-electron chi connectivity index (χ4n) is 2.09. The standard InChI is InChI=1S/C16H25F3N2/c1-13(2)21(3)11-7-10-20-15(12-16(17,18)19)14-8-5-4-6-9-14/h4-6,8-9,13,15,20H,7,10-12H2,1-3H3. The van der Waals surface area contributed by atoms with Crippen molar-refractivity contribution in [1.82, 2.24) is 10.2 Å². The molecule has 1 unspecified atom stereocenters. The van der Waals surface area contributed by atoms with Gasteiger partial charge in [0.1, 0.15) is 0 Å². The minimum absolute atomic E-state index is 0.449. The summed E-state index contributed by atoms with van der Waals surface area (Å²) in [6, 6.07) is 8.61. The number of benzene rings is 1. The highest BCUT2D eigenvalue weighted by Crippen LogP contribution is 2.29. The molecule has 0 aromatic heterocycles. The maximum Gasteiger partial charge on any atom is 0.390 e. The minimum atomic E-state index is -4.16. The Kier molecular flexibility index (Phi) is 7.18. The summed E-state index contributed by atoms with van der Waals surface area (Å²) in [5.41, 5.74) is 0.687. The molecule has 1 rings (SSSR count). The van der Waals surface area contributed by atoms with Gasteiger partial charge in [-0.3, -0.25) is 0 Å². The van der Waals surface area contributed by atoms with E-state index in [4.69, 9.17) is 0 Å². The molecule has 0 saturated heterocycles. The lowest BCUT2D eigenvalue weighted by atomic mass is 10.0. The number of hydrogen-bond acceptors (Lipinski definition) is 2. The van der Waals surface area contributed by atoms with E-state index in [9.17, 15) is 13.2 Å². The number of nitrogens with zero attached hydrogens (tertiary/aromatic N) is 1. The van der Waals surface area contributed by atoms with Crippen molar-refractivity contribution >= 4 is 0 Å². The number of halogens is 3. The molecular weight excluding hydrogens is 277 g/mol. The predicted octanol–water partition coefficient (Wildman–Crippen LogP) is 4.00. The fourth-order valence-corrected chi connectivity index (χ4v) is 2.09. The van der Waals surface area contributed by atoms with Gasteiger partial charge in [0.2, 0.25) is 0 Å². The lowest BCUT2D eigenvalue weighted by Crippen LogP contribution is -2.32. The fraction of sp³-hybridized carbons (Fsp3) is 0.625. The first-order chi connectivity index (χ1) is 9.79. The first kappa shape index (κ1) is 18.0. The van der Waals surface area contributed by atoms with Crippen LogP contribution < -0.4 is 5.32 Å². The number of alkyl halides is 3. The Bertz CT molecular complexity index is 390. The van der Waals surface area contributed by atoms with Crippen molar-refractivity contribution in [2.75, 3.05) is 20.1 Å². The van der Waals surface area contributed by atoms with E-state index in [-0.39, 0.29) is 0 Å². The first-order valence-corrected chi connectivity index (χ1v) is 7.35. The molecule has 1 N–H and O–H groups in total. The summed E-state index contributed by atoms with van der Waals surface area (Å²) >= 11 is 0. The Labute approximate surface area is 125 Å². The minimum Gasteiger partial charge on any atom is -0.310 e. The van der Waals surface area contributed by atoms with Crippen LogP contribution in [0.2, 0.25) is 0 Å². The lowest BCUT2D eigenvalue weighted by molar-refractivity contribution is -0.140. The van der Waals surface area contributed by atoms with Crippen LogP contribution in [-0.4, -0.2) is 37.3 Å². The van der Waals surface area contributed by atoms with Gasteiger partial charge in [0, 0.05) is 12.1 Å². The van der Waals surface area contributed by atoms with Gasteiger partial charge in [-0.2, -0.15) is 13.2 Å². The van der Waals surface area contributed by atoms with E-state index < -0.39 is 18.6 Å². The number of hydrogen-bond donors (Lipinski definition) is 1. The zero-order valence-corrected chi connectivity index (χ0v) is 13.0. The number of nitrogens with one attached hydrogen (secondary N) is 1. The second-order valence-electron chi connectivity index (χ2n) is 5.66. The second-order valence-corrected chi connectivity index (χ2v) is 5.66. The summed E-state index contributed by atoms with van der Waals surface area (Å²) in [5.74, 6) is 0. The smallest absolute Gasteiger partial charge is 0.310 e. The normalized spacial score (nSPS) is 13.9. The highest BCUT2D eigenvalue weighted by molar-refractivity contribution is 5.19. The molecule has 2 nitrogen and oxygen atoms in total. The highest BCUT2D eigenvalue weighted by atomic mass is 19.4. The third-order valence-electron chi connectivity index (χ3n) is 3.60. The first-order valence-electron chi connectivity index (χ1n) is 7.35. The molecule has 0 spiro atoms. The van der Waals surface area contributed by atoms with E-state index in [2.05, 4.69) is 24.1 Å². The number of rotatable bonds is 8. The van der Waals surface area contributed by atoms with Crippen molar-refractivity contribution in [2.24, 2.45) is 0 Å². The van der Waals surface area contributed by atoms with Crippen LogP contribution in [0.1, 0.15) is 38.3 Å². The molecule has 120 valence electrons. The molecule has 0 fully saturated rings. The van der Waals surface area contributed by atoms with Crippen LogP contribution in [0.3, 0.4) is 0 Å². The molecule has 0 saturated carbocycles. The molecule has 0 heterocycles. The van der Waals surface area contributed by atoms with Gasteiger partial charge in [-0.25, -0.2) is 0 Å². The monoisotopic (exact) mass is 302 g/mol. The Morgan fingerprint density at radius 3 is 2.29 bits per heavy atom. The van der Waals surface area contributed by atoms with Crippen LogP contribution in [0.4, 0.5) is 13.2 Å².